The molecule has 1 amide bonds. The zero-order chi connectivity index (χ0) is 7.98. The van der Waals surface area contributed by atoms with Crippen LogP contribution in [0.15, 0.2) is 0 Å². The first-order valence-corrected chi connectivity index (χ1v) is 4.84. The Kier molecular flexibility index (Phi) is 5.49. The van der Waals surface area contributed by atoms with E-state index >= 15 is 0 Å². The predicted molar refractivity (Wildman–Crippen MR) is 46.3 cm³/mol. The highest BCUT2D eigenvalue weighted by molar-refractivity contribution is 7.98. The fourth-order valence-corrected chi connectivity index (χ4v) is 1.08. The quantitative estimate of drug-likeness (QED) is 0.618. The summed E-state index contributed by atoms with van der Waals surface area (Å²) >= 11 is 1.76. The summed E-state index contributed by atoms with van der Waals surface area (Å²) in [5.74, 6) is 1.26. The lowest BCUT2D eigenvalue weighted by Gasteiger charge is -2.14. The van der Waals surface area contributed by atoms with E-state index in [9.17, 15) is 4.79 Å². The molecule has 0 atom stereocenters. The highest BCUT2D eigenvalue weighted by Gasteiger charge is 2.02. The van der Waals surface area contributed by atoms with Gasteiger partial charge >= 0.3 is 0 Å². The van der Waals surface area contributed by atoms with Gasteiger partial charge in [0.05, 0.1) is 0 Å². The molecular weight excluding hydrogens is 146 g/mol. The molecule has 0 saturated heterocycles. The summed E-state index contributed by atoms with van der Waals surface area (Å²) in [4.78, 5) is 12.7. The van der Waals surface area contributed by atoms with Crippen molar-refractivity contribution in [1.29, 1.82) is 0 Å². The second kappa shape index (κ2) is 5.59. The second-order valence-electron chi connectivity index (χ2n) is 2.16. The fourth-order valence-electron chi connectivity index (χ4n) is 0.623. The minimum atomic E-state index is 0.231. The summed E-state index contributed by atoms with van der Waals surface area (Å²) in [6.07, 6.45) is 2.66. The normalized spacial score (nSPS) is 9.50. The predicted octanol–water partition coefficient (Wildman–Crippen LogP) is 1.22. The van der Waals surface area contributed by atoms with Gasteiger partial charge in [0.15, 0.2) is 0 Å². The molecule has 0 spiro atoms. The van der Waals surface area contributed by atoms with E-state index in [2.05, 4.69) is 0 Å². The molecule has 0 radical (unpaired) electrons. The van der Waals surface area contributed by atoms with Crippen LogP contribution in [0.3, 0.4) is 0 Å². The molecule has 0 aliphatic rings. The SMILES string of the molecule is CCC(=O)N(C)CCSC. The third kappa shape index (κ3) is 3.77. The monoisotopic (exact) mass is 161 g/mol. The van der Waals surface area contributed by atoms with Crippen LogP contribution in [-0.2, 0) is 4.79 Å². The largest absolute Gasteiger partial charge is 0.345 e. The molecule has 2 nitrogen and oxygen atoms in total. The highest BCUT2D eigenvalue weighted by Crippen LogP contribution is 1.94. The number of nitrogens with zero attached hydrogens (tertiary/aromatic N) is 1. The number of thioether (sulfide) groups is 1. The Labute approximate surface area is 67.0 Å². The van der Waals surface area contributed by atoms with Gasteiger partial charge in [0, 0.05) is 25.8 Å². The number of amides is 1. The third-order valence-electron chi connectivity index (χ3n) is 1.36. The van der Waals surface area contributed by atoms with Crippen LogP contribution in [0, 0.1) is 0 Å². The lowest BCUT2D eigenvalue weighted by Crippen LogP contribution is -2.27. The van der Waals surface area contributed by atoms with Crippen LogP contribution in [0.25, 0.3) is 0 Å². The Balaban J connectivity index is 3.41. The van der Waals surface area contributed by atoms with E-state index in [4.69, 9.17) is 0 Å². The lowest BCUT2D eigenvalue weighted by molar-refractivity contribution is -0.129. The van der Waals surface area contributed by atoms with Crippen LogP contribution in [0.5, 0.6) is 0 Å². The lowest BCUT2D eigenvalue weighted by atomic mass is 10.4. The molecule has 0 aliphatic heterocycles. The molecule has 0 aromatic rings. The molecule has 0 aliphatic carbocycles. The van der Waals surface area contributed by atoms with Crippen molar-refractivity contribution in [3.05, 3.63) is 0 Å². The van der Waals surface area contributed by atoms with Crippen LogP contribution >= 0.6 is 11.8 Å². The van der Waals surface area contributed by atoms with Crippen molar-refractivity contribution < 1.29 is 4.79 Å². The van der Waals surface area contributed by atoms with Gasteiger partial charge in [-0.3, -0.25) is 4.79 Å². The second-order valence-corrected chi connectivity index (χ2v) is 3.15. The van der Waals surface area contributed by atoms with Crippen molar-refractivity contribution in [2.75, 3.05) is 25.6 Å². The molecule has 0 bridgehead atoms. The smallest absolute Gasteiger partial charge is 0.222 e. The molecule has 0 unspecified atom stereocenters. The zero-order valence-corrected chi connectivity index (χ0v) is 7.70. The first kappa shape index (κ1) is 9.82. The van der Waals surface area contributed by atoms with Crippen molar-refractivity contribution in [1.82, 2.24) is 4.90 Å². The Morgan fingerprint density at radius 3 is 2.60 bits per heavy atom. The molecule has 0 N–H and O–H groups in total. The summed E-state index contributed by atoms with van der Waals surface area (Å²) in [6.45, 7) is 2.76. The Morgan fingerprint density at radius 1 is 1.60 bits per heavy atom. The van der Waals surface area contributed by atoms with Crippen LogP contribution in [0.2, 0.25) is 0 Å². The van der Waals surface area contributed by atoms with E-state index in [0.29, 0.717) is 6.42 Å². The molecule has 0 heterocycles. The van der Waals surface area contributed by atoms with E-state index in [0.717, 1.165) is 12.3 Å². The van der Waals surface area contributed by atoms with Gasteiger partial charge < -0.3 is 4.90 Å². The summed E-state index contributed by atoms with van der Waals surface area (Å²) in [5, 5.41) is 0. The van der Waals surface area contributed by atoms with Crippen molar-refractivity contribution >= 4 is 17.7 Å². The van der Waals surface area contributed by atoms with Crippen LogP contribution in [0.1, 0.15) is 13.3 Å². The molecule has 0 rings (SSSR count). The number of carbonyl (C=O) groups is 1. The van der Waals surface area contributed by atoms with Crippen LogP contribution in [0.4, 0.5) is 0 Å². The number of hydrogen-bond donors (Lipinski definition) is 0. The van der Waals surface area contributed by atoms with Crippen molar-refractivity contribution in [2.45, 2.75) is 13.3 Å². The molecular formula is C7H15NOS. The van der Waals surface area contributed by atoms with Crippen molar-refractivity contribution in [2.24, 2.45) is 0 Å². The van der Waals surface area contributed by atoms with Crippen molar-refractivity contribution in [3.8, 4) is 0 Å². The topological polar surface area (TPSA) is 20.3 Å². The van der Waals surface area contributed by atoms with Gasteiger partial charge in [0.1, 0.15) is 0 Å². The van der Waals surface area contributed by atoms with Gasteiger partial charge in [0.2, 0.25) is 5.91 Å². The maximum absolute atomic E-state index is 10.9. The molecule has 60 valence electrons. The van der Waals surface area contributed by atoms with Gasteiger partial charge in [-0.2, -0.15) is 11.8 Å². The zero-order valence-electron chi connectivity index (χ0n) is 6.89. The minimum Gasteiger partial charge on any atom is -0.345 e. The third-order valence-corrected chi connectivity index (χ3v) is 1.95. The average Bonchev–Trinajstić information content (AvgIpc) is 1.98. The molecule has 0 aromatic heterocycles. The van der Waals surface area contributed by atoms with E-state index in [1.54, 1.807) is 16.7 Å². The first-order chi connectivity index (χ1) is 4.72. The number of rotatable bonds is 4. The molecule has 0 fully saturated rings. The van der Waals surface area contributed by atoms with Gasteiger partial charge in [-0.05, 0) is 6.26 Å². The molecule has 0 aromatic carbocycles. The van der Waals surface area contributed by atoms with E-state index in [1.165, 1.54) is 0 Å². The van der Waals surface area contributed by atoms with E-state index in [1.807, 2.05) is 20.2 Å². The number of hydrogen-bond acceptors (Lipinski definition) is 2. The van der Waals surface area contributed by atoms with Crippen LogP contribution < -0.4 is 0 Å². The molecule has 3 heteroatoms. The van der Waals surface area contributed by atoms with E-state index < -0.39 is 0 Å². The Hall–Kier alpha value is -0.180. The van der Waals surface area contributed by atoms with Gasteiger partial charge in [0.25, 0.3) is 0 Å². The number of carbonyl (C=O) groups excluding carboxylic acids is 1. The van der Waals surface area contributed by atoms with Crippen molar-refractivity contribution in [3.63, 3.8) is 0 Å². The Bertz CT molecular complexity index is 106. The maximum atomic E-state index is 10.9. The van der Waals surface area contributed by atoms with E-state index in [-0.39, 0.29) is 5.91 Å². The minimum absolute atomic E-state index is 0.231. The standard InChI is InChI=1S/C7H15NOS/c1-4-7(9)8(2)5-6-10-3/h4-6H2,1-3H3. The summed E-state index contributed by atoms with van der Waals surface area (Å²) < 4.78 is 0. The van der Waals surface area contributed by atoms with Gasteiger partial charge in [-0.25, -0.2) is 0 Å². The fraction of sp³-hybridized carbons (Fsp3) is 0.857. The maximum Gasteiger partial charge on any atom is 0.222 e. The highest BCUT2D eigenvalue weighted by atomic mass is 32.2. The summed E-state index contributed by atoms with van der Waals surface area (Å²) in [6, 6.07) is 0. The van der Waals surface area contributed by atoms with Gasteiger partial charge in [-0.1, -0.05) is 6.92 Å². The van der Waals surface area contributed by atoms with Gasteiger partial charge in [-0.15, -0.1) is 0 Å². The average molecular weight is 161 g/mol. The molecule has 10 heavy (non-hydrogen) atoms. The first-order valence-electron chi connectivity index (χ1n) is 3.45. The summed E-state index contributed by atoms with van der Waals surface area (Å²) in [7, 11) is 1.85. The summed E-state index contributed by atoms with van der Waals surface area (Å²) in [5.41, 5.74) is 0. The van der Waals surface area contributed by atoms with Crippen LogP contribution in [-0.4, -0.2) is 36.4 Å². The molecule has 0 saturated carbocycles. The Morgan fingerprint density at radius 2 is 2.20 bits per heavy atom.